The van der Waals surface area contributed by atoms with Gasteiger partial charge in [-0.1, -0.05) is 20.3 Å². The largest absolute Gasteiger partial charge is 0.468 e. The zero-order valence-electron chi connectivity index (χ0n) is 20.9. The molecule has 198 valence electrons. The van der Waals surface area contributed by atoms with Gasteiger partial charge in [-0.15, -0.1) is 0 Å². The van der Waals surface area contributed by atoms with Crippen molar-refractivity contribution >= 4 is 17.6 Å². The summed E-state index contributed by atoms with van der Waals surface area (Å²) in [6.45, 7) is 4.45. The second kappa shape index (κ2) is 13.8. The monoisotopic (exact) mass is 510 g/mol. The molecule has 1 atom stereocenters. The van der Waals surface area contributed by atoms with Crippen LogP contribution in [0.1, 0.15) is 67.7 Å². The summed E-state index contributed by atoms with van der Waals surface area (Å²) < 4.78 is 47.5. The molecular weight excluding hydrogens is 477 g/mol. The maximum atomic E-state index is 13.1. The van der Waals surface area contributed by atoms with E-state index in [9.17, 15) is 22.8 Å². The second-order valence-electron chi connectivity index (χ2n) is 8.66. The number of unbranched alkanes of at least 4 members (excludes halogenated alkanes) is 2. The number of hydrogen-bond donors (Lipinski definition) is 2. The lowest BCUT2D eigenvalue weighted by Crippen LogP contribution is -2.28. The van der Waals surface area contributed by atoms with E-state index in [1.807, 2.05) is 0 Å². The molecule has 0 aromatic carbocycles. The van der Waals surface area contributed by atoms with E-state index in [2.05, 4.69) is 20.6 Å². The smallest absolute Gasteiger partial charge is 0.422 e. The number of anilines is 1. The van der Waals surface area contributed by atoms with Crippen molar-refractivity contribution in [2.45, 2.75) is 58.7 Å². The molecule has 0 saturated carbocycles. The van der Waals surface area contributed by atoms with E-state index in [0.29, 0.717) is 31.0 Å². The third-order valence-electron chi connectivity index (χ3n) is 5.25. The van der Waals surface area contributed by atoms with Gasteiger partial charge >= 0.3 is 6.18 Å². The molecule has 11 heteroatoms. The lowest BCUT2D eigenvalue weighted by Gasteiger charge is -2.17. The third kappa shape index (κ3) is 9.80. The second-order valence-corrected chi connectivity index (χ2v) is 8.66. The minimum absolute atomic E-state index is 0.176. The lowest BCUT2D eigenvalue weighted by molar-refractivity contribution is -0.154. The van der Waals surface area contributed by atoms with Crippen LogP contribution >= 0.6 is 0 Å². The first-order chi connectivity index (χ1) is 17.0. The number of carbonyl (C=O) groups is 2. The standard InChI is InChI=1S/C25H33F3N4O4/c1-16(2)23(33)32-21-14-18(11-12-29-21)17(3)30-24(34)19-9-10-22(36-15-25(26,27)28)31-20(19)8-6-5-7-13-35-4/h9-12,14,16-17H,5-8,13,15H2,1-4H3,(H,30,34)(H,29,32,33). The number of amides is 2. The highest BCUT2D eigenvalue weighted by molar-refractivity contribution is 5.95. The summed E-state index contributed by atoms with van der Waals surface area (Å²) in [5.74, 6) is -0.629. The van der Waals surface area contributed by atoms with Crippen molar-refractivity contribution in [1.82, 2.24) is 15.3 Å². The lowest BCUT2D eigenvalue weighted by atomic mass is 10.0. The van der Waals surface area contributed by atoms with Crippen LogP contribution in [-0.2, 0) is 16.0 Å². The van der Waals surface area contributed by atoms with Crippen LogP contribution in [0.4, 0.5) is 19.0 Å². The van der Waals surface area contributed by atoms with Gasteiger partial charge in [0.15, 0.2) is 6.61 Å². The van der Waals surface area contributed by atoms with E-state index < -0.39 is 24.7 Å². The van der Waals surface area contributed by atoms with E-state index in [1.165, 1.54) is 18.3 Å². The number of nitrogens with zero attached hydrogens (tertiary/aromatic N) is 2. The maximum Gasteiger partial charge on any atom is 0.422 e. The van der Waals surface area contributed by atoms with Crippen LogP contribution in [0.3, 0.4) is 0 Å². The molecule has 2 aromatic heterocycles. The molecule has 0 fully saturated rings. The highest BCUT2D eigenvalue weighted by atomic mass is 19.4. The van der Waals surface area contributed by atoms with Crippen LogP contribution < -0.4 is 15.4 Å². The summed E-state index contributed by atoms with van der Waals surface area (Å²) in [6, 6.07) is 5.64. The number of aromatic nitrogens is 2. The summed E-state index contributed by atoms with van der Waals surface area (Å²) in [4.78, 5) is 33.4. The van der Waals surface area contributed by atoms with Gasteiger partial charge in [0.1, 0.15) is 5.82 Å². The van der Waals surface area contributed by atoms with Crippen molar-refractivity contribution in [1.29, 1.82) is 0 Å². The first kappa shape index (κ1) is 29.0. The van der Waals surface area contributed by atoms with Crippen LogP contribution in [0.15, 0.2) is 30.5 Å². The third-order valence-corrected chi connectivity index (χ3v) is 5.25. The Hall–Kier alpha value is -3.21. The molecule has 0 saturated heterocycles. The molecule has 0 aliphatic rings. The normalized spacial score (nSPS) is 12.3. The van der Waals surface area contributed by atoms with E-state index in [1.54, 1.807) is 40.0 Å². The number of ether oxygens (including phenoxy) is 2. The minimum Gasteiger partial charge on any atom is -0.468 e. The van der Waals surface area contributed by atoms with Gasteiger partial charge in [-0.25, -0.2) is 9.97 Å². The van der Waals surface area contributed by atoms with Crippen molar-refractivity contribution in [2.24, 2.45) is 5.92 Å². The molecule has 1 unspecified atom stereocenters. The quantitative estimate of drug-likeness (QED) is 0.373. The summed E-state index contributed by atoms with van der Waals surface area (Å²) in [6.07, 6.45) is -0.262. The molecule has 0 aliphatic carbocycles. The number of methoxy groups -OCH3 is 1. The number of rotatable bonds is 13. The van der Waals surface area contributed by atoms with Crippen LogP contribution in [0.5, 0.6) is 5.88 Å². The maximum absolute atomic E-state index is 13.1. The average Bonchev–Trinajstić information content (AvgIpc) is 2.82. The van der Waals surface area contributed by atoms with E-state index in [0.717, 1.165) is 18.4 Å². The van der Waals surface area contributed by atoms with Crippen molar-refractivity contribution in [3.63, 3.8) is 0 Å². The predicted octanol–water partition coefficient (Wildman–Crippen LogP) is 4.86. The van der Waals surface area contributed by atoms with Gasteiger partial charge in [-0.05, 0) is 49.9 Å². The number of nitrogens with one attached hydrogen (secondary N) is 2. The molecule has 36 heavy (non-hydrogen) atoms. The fraction of sp³-hybridized carbons (Fsp3) is 0.520. The number of halogens is 3. The molecule has 2 rings (SSSR count). The van der Waals surface area contributed by atoms with Crippen LogP contribution in [0, 0.1) is 5.92 Å². The molecule has 0 spiro atoms. The first-order valence-electron chi connectivity index (χ1n) is 11.8. The van der Waals surface area contributed by atoms with Crippen molar-refractivity contribution < 1.29 is 32.2 Å². The molecule has 0 radical (unpaired) electrons. The summed E-state index contributed by atoms with van der Waals surface area (Å²) >= 11 is 0. The molecular formula is C25H33F3N4O4. The predicted molar refractivity (Wildman–Crippen MR) is 129 cm³/mol. The van der Waals surface area contributed by atoms with Gasteiger partial charge in [0.2, 0.25) is 11.8 Å². The molecule has 8 nitrogen and oxygen atoms in total. The number of carbonyl (C=O) groups excluding carboxylic acids is 2. The zero-order chi connectivity index (χ0) is 26.7. The summed E-state index contributed by atoms with van der Waals surface area (Å²) in [5.41, 5.74) is 1.34. The van der Waals surface area contributed by atoms with Crippen molar-refractivity contribution in [3.05, 3.63) is 47.3 Å². The van der Waals surface area contributed by atoms with Gasteiger partial charge < -0.3 is 20.1 Å². The van der Waals surface area contributed by atoms with Gasteiger partial charge in [0.25, 0.3) is 5.91 Å². The minimum atomic E-state index is -4.49. The highest BCUT2D eigenvalue weighted by Gasteiger charge is 2.29. The zero-order valence-corrected chi connectivity index (χ0v) is 20.9. The van der Waals surface area contributed by atoms with Crippen LogP contribution in [-0.4, -0.2) is 48.3 Å². The highest BCUT2D eigenvalue weighted by Crippen LogP contribution is 2.22. The Balaban J connectivity index is 2.16. The number of alkyl halides is 3. The Morgan fingerprint density at radius 1 is 1.08 bits per heavy atom. The SMILES string of the molecule is COCCCCCc1nc(OCC(F)(F)F)ccc1C(=O)NC(C)c1ccnc(NC(=O)C(C)C)c1. The Morgan fingerprint density at radius 3 is 2.50 bits per heavy atom. The summed E-state index contributed by atoms with van der Waals surface area (Å²) in [5, 5.41) is 5.60. The number of pyridine rings is 2. The van der Waals surface area contributed by atoms with E-state index in [4.69, 9.17) is 9.47 Å². The van der Waals surface area contributed by atoms with Crippen LogP contribution in [0.2, 0.25) is 0 Å². The Bertz CT molecular complexity index is 1020. The van der Waals surface area contributed by atoms with E-state index >= 15 is 0 Å². The number of aryl methyl sites for hydroxylation is 1. The topological polar surface area (TPSA) is 102 Å². The molecule has 0 bridgehead atoms. The Morgan fingerprint density at radius 2 is 1.83 bits per heavy atom. The van der Waals surface area contributed by atoms with Gasteiger partial charge in [0, 0.05) is 31.9 Å². The first-order valence-corrected chi connectivity index (χ1v) is 11.8. The Kier molecular flexibility index (Phi) is 11.1. The molecule has 2 N–H and O–H groups in total. The van der Waals surface area contributed by atoms with Crippen molar-refractivity contribution in [2.75, 3.05) is 25.6 Å². The average molecular weight is 511 g/mol. The van der Waals surface area contributed by atoms with Gasteiger partial charge in [0.05, 0.1) is 17.3 Å². The number of hydrogen-bond acceptors (Lipinski definition) is 6. The fourth-order valence-electron chi connectivity index (χ4n) is 3.24. The Labute approximate surface area is 209 Å². The molecule has 2 aromatic rings. The summed E-state index contributed by atoms with van der Waals surface area (Å²) in [7, 11) is 1.61. The van der Waals surface area contributed by atoms with E-state index in [-0.39, 0.29) is 23.3 Å². The fourth-order valence-corrected chi connectivity index (χ4v) is 3.24. The van der Waals surface area contributed by atoms with Crippen molar-refractivity contribution in [3.8, 4) is 5.88 Å². The van der Waals surface area contributed by atoms with Crippen LogP contribution in [0.25, 0.3) is 0 Å². The van der Waals surface area contributed by atoms with Gasteiger partial charge in [-0.3, -0.25) is 9.59 Å². The molecule has 2 heterocycles. The van der Waals surface area contributed by atoms with Gasteiger partial charge in [-0.2, -0.15) is 13.2 Å². The molecule has 2 amide bonds. The molecule has 0 aliphatic heterocycles.